The lowest BCUT2D eigenvalue weighted by Gasteiger charge is -2.38. The highest BCUT2D eigenvalue weighted by atomic mass is 32.1. The molecule has 0 saturated heterocycles. The summed E-state index contributed by atoms with van der Waals surface area (Å²) in [5, 5.41) is 5.33. The van der Waals surface area contributed by atoms with E-state index in [2.05, 4.69) is 35.8 Å². The van der Waals surface area contributed by atoms with Gasteiger partial charge in [-0.1, -0.05) is 62.9 Å². The predicted molar refractivity (Wildman–Crippen MR) is 130 cm³/mol. The van der Waals surface area contributed by atoms with Crippen molar-refractivity contribution in [2.45, 2.75) is 70.4 Å². The minimum absolute atomic E-state index is 0.0330. The number of nitrogens with zero attached hydrogens (tertiary/aromatic N) is 2. The largest absolute Gasteiger partial charge is 0.335 e. The van der Waals surface area contributed by atoms with Crippen molar-refractivity contribution < 1.29 is 9.59 Å². The van der Waals surface area contributed by atoms with Crippen molar-refractivity contribution in [1.29, 1.82) is 0 Å². The molecular formula is C26H35N3O2S. The van der Waals surface area contributed by atoms with E-state index in [4.69, 9.17) is 0 Å². The zero-order valence-corrected chi connectivity index (χ0v) is 19.9. The van der Waals surface area contributed by atoms with Crippen LogP contribution in [0.25, 0.3) is 0 Å². The second-order valence-electron chi connectivity index (χ2n) is 9.01. The van der Waals surface area contributed by atoms with Crippen molar-refractivity contribution in [3.63, 3.8) is 0 Å². The Morgan fingerprint density at radius 2 is 1.91 bits per heavy atom. The van der Waals surface area contributed by atoms with Gasteiger partial charge in [0, 0.05) is 24.0 Å². The number of nitrogens with one attached hydrogen (secondary N) is 1. The minimum Gasteiger partial charge on any atom is -0.335 e. The number of benzene rings is 1. The number of unbranched alkanes of at least 4 members (excludes halogenated alkanes) is 1. The Morgan fingerprint density at radius 1 is 1.12 bits per heavy atom. The number of carbonyl (C=O) groups excluding carboxylic acids is 2. The first-order chi connectivity index (χ1) is 15.7. The van der Waals surface area contributed by atoms with Crippen LogP contribution in [0.4, 0.5) is 4.79 Å². The molecule has 0 spiro atoms. The maximum atomic E-state index is 13.6. The van der Waals surface area contributed by atoms with Crippen LogP contribution in [-0.2, 0) is 11.2 Å². The topological polar surface area (TPSA) is 52.7 Å². The van der Waals surface area contributed by atoms with Crippen molar-refractivity contribution >= 4 is 23.3 Å². The monoisotopic (exact) mass is 453 g/mol. The molecule has 1 aromatic heterocycles. The zero-order chi connectivity index (χ0) is 22.3. The van der Waals surface area contributed by atoms with Crippen LogP contribution in [0.3, 0.4) is 0 Å². The summed E-state index contributed by atoms with van der Waals surface area (Å²) >= 11 is 1.77. The molecule has 2 aromatic rings. The number of hydrogen-bond donors (Lipinski definition) is 1. The molecule has 1 aromatic carbocycles. The summed E-state index contributed by atoms with van der Waals surface area (Å²) in [6.07, 6.45) is 8.48. The fourth-order valence-corrected chi connectivity index (χ4v) is 5.85. The van der Waals surface area contributed by atoms with Gasteiger partial charge in [-0.25, -0.2) is 4.79 Å². The van der Waals surface area contributed by atoms with Gasteiger partial charge in [0.1, 0.15) is 6.54 Å². The van der Waals surface area contributed by atoms with Gasteiger partial charge >= 0.3 is 6.03 Å². The van der Waals surface area contributed by atoms with E-state index in [9.17, 15) is 9.59 Å². The van der Waals surface area contributed by atoms with Crippen molar-refractivity contribution in [3.8, 4) is 0 Å². The Labute approximate surface area is 195 Å². The number of thiophene rings is 1. The van der Waals surface area contributed by atoms with Crippen molar-refractivity contribution in [1.82, 2.24) is 15.1 Å². The van der Waals surface area contributed by atoms with E-state index in [-0.39, 0.29) is 30.6 Å². The standard InChI is InChI=1S/C26H35N3O2S/c1-2-3-16-28(26(31)27-21-12-8-5-9-13-21)19-24(30)29-17-14-23-22(15-18-32-23)25(29)20-10-6-4-7-11-20/h4,6-7,10-11,15,18,21,25H,2-3,5,8-9,12-14,16-17,19H2,1H3,(H,27,31). The van der Waals surface area contributed by atoms with E-state index < -0.39 is 0 Å². The molecule has 0 radical (unpaired) electrons. The third-order valence-electron chi connectivity index (χ3n) is 6.73. The molecule has 1 saturated carbocycles. The molecular weight excluding hydrogens is 418 g/mol. The molecule has 1 unspecified atom stereocenters. The van der Waals surface area contributed by atoms with Crippen molar-refractivity contribution in [2.75, 3.05) is 19.6 Å². The molecule has 0 bridgehead atoms. The highest BCUT2D eigenvalue weighted by Crippen LogP contribution is 2.37. The molecule has 172 valence electrons. The molecule has 6 heteroatoms. The summed E-state index contributed by atoms with van der Waals surface area (Å²) in [5.74, 6) is 0.0330. The number of carbonyl (C=O) groups is 2. The number of fused-ring (bicyclic) bond motifs is 1. The highest BCUT2D eigenvalue weighted by Gasteiger charge is 2.34. The lowest BCUT2D eigenvalue weighted by atomic mass is 9.93. The van der Waals surface area contributed by atoms with Crippen molar-refractivity contribution in [2.24, 2.45) is 0 Å². The van der Waals surface area contributed by atoms with E-state index in [1.54, 1.807) is 16.2 Å². The van der Waals surface area contributed by atoms with Gasteiger partial charge in [0.15, 0.2) is 0 Å². The third kappa shape index (κ3) is 5.34. The first-order valence-corrected chi connectivity index (χ1v) is 13.0. The fourth-order valence-electron chi connectivity index (χ4n) is 4.95. The number of rotatable bonds is 7. The van der Waals surface area contributed by atoms with Gasteiger partial charge in [-0.3, -0.25) is 4.79 Å². The summed E-state index contributed by atoms with van der Waals surface area (Å²) in [6.45, 7) is 3.57. The van der Waals surface area contributed by atoms with E-state index in [0.29, 0.717) is 13.1 Å². The van der Waals surface area contributed by atoms with Gasteiger partial charge in [-0.15, -0.1) is 11.3 Å². The summed E-state index contributed by atoms with van der Waals surface area (Å²) < 4.78 is 0. The number of hydrogen-bond acceptors (Lipinski definition) is 3. The SMILES string of the molecule is CCCCN(CC(=O)N1CCc2sccc2C1c1ccccc1)C(=O)NC1CCCCC1. The lowest BCUT2D eigenvalue weighted by Crippen LogP contribution is -2.51. The van der Waals surface area contributed by atoms with Crippen LogP contribution in [-0.4, -0.2) is 47.4 Å². The second-order valence-corrected chi connectivity index (χ2v) is 10.0. The van der Waals surface area contributed by atoms with E-state index in [1.807, 2.05) is 23.1 Å². The van der Waals surface area contributed by atoms with Crippen LogP contribution in [0.15, 0.2) is 41.8 Å². The molecule has 2 aliphatic rings. The summed E-state index contributed by atoms with van der Waals surface area (Å²) in [7, 11) is 0. The smallest absolute Gasteiger partial charge is 0.318 e. The van der Waals surface area contributed by atoms with E-state index in [1.165, 1.54) is 29.7 Å². The Morgan fingerprint density at radius 3 is 2.66 bits per heavy atom. The van der Waals surface area contributed by atoms with Gasteiger partial charge in [-0.05, 0) is 48.3 Å². The van der Waals surface area contributed by atoms with Crippen LogP contribution in [0, 0.1) is 0 Å². The van der Waals surface area contributed by atoms with Crippen LogP contribution >= 0.6 is 11.3 Å². The molecule has 1 aliphatic heterocycles. The second kappa shape index (κ2) is 11.0. The molecule has 4 rings (SSSR count). The van der Waals surface area contributed by atoms with Gasteiger partial charge in [0.25, 0.3) is 0 Å². The van der Waals surface area contributed by atoms with E-state index in [0.717, 1.165) is 37.7 Å². The first kappa shape index (κ1) is 22.8. The van der Waals surface area contributed by atoms with Crippen molar-refractivity contribution in [3.05, 3.63) is 57.8 Å². The van der Waals surface area contributed by atoms with Gasteiger partial charge in [0.2, 0.25) is 5.91 Å². The Bertz CT molecular complexity index is 891. The van der Waals surface area contributed by atoms with Gasteiger partial charge in [-0.2, -0.15) is 0 Å². The Balaban J connectivity index is 1.50. The molecule has 32 heavy (non-hydrogen) atoms. The molecule has 1 atom stereocenters. The molecule has 1 fully saturated rings. The Hall–Kier alpha value is -2.34. The summed E-state index contributed by atoms with van der Waals surface area (Å²) in [6, 6.07) is 12.5. The predicted octanol–water partition coefficient (Wildman–Crippen LogP) is 5.37. The lowest BCUT2D eigenvalue weighted by molar-refractivity contribution is -0.133. The maximum absolute atomic E-state index is 13.6. The maximum Gasteiger partial charge on any atom is 0.318 e. The average molecular weight is 454 g/mol. The molecule has 2 heterocycles. The normalized spacial score (nSPS) is 18.8. The summed E-state index contributed by atoms with van der Waals surface area (Å²) in [4.78, 5) is 31.8. The molecule has 3 amide bonds. The van der Waals surface area contributed by atoms with Crippen LogP contribution < -0.4 is 5.32 Å². The first-order valence-electron chi connectivity index (χ1n) is 12.1. The highest BCUT2D eigenvalue weighted by molar-refractivity contribution is 7.10. The van der Waals surface area contributed by atoms with Gasteiger partial charge in [0.05, 0.1) is 6.04 Å². The van der Waals surface area contributed by atoms with E-state index >= 15 is 0 Å². The third-order valence-corrected chi connectivity index (χ3v) is 7.73. The van der Waals surface area contributed by atoms with Crippen LogP contribution in [0.1, 0.15) is 73.9 Å². The van der Waals surface area contributed by atoms with Gasteiger partial charge < -0.3 is 15.1 Å². The Kier molecular flexibility index (Phi) is 7.85. The molecule has 1 aliphatic carbocycles. The van der Waals surface area contributed by atoms with Crippen LogP contribution in [0.2, 0.25) is 0 Å². The molecule has 5 nitrogen and oxygen atoms in total. The number of urea groups is 1. The summed E-state index contributed by atoms with van der Waals surface area (Å²) in [5.41, 5.74) is 2.36. The molecule has 1 N–H and O–H groups in total. The quantitative estimate of drug-likeness (QED) is 0.613. The van der Waals surface area contributed by atoms with Crippen LogP contribution in [0.5, 0.6) is 0 Å². The fraction of sp³-hybridized carbons (Fsp3) is 0.538. The minimum atomic E-state index is -0.0804. The number of amides is 3. The average Bonchev–Trinajstić information content (AvgIpc) is 3.31. The zero-order valence-electron chi connectivity index (χ0n) is 19.1.